The molecule has 0 amide bonds. The van der Waals surface area contributed by atoms with E-state index in [1.54, 1.807) is 6.07 Å². The Bertz CT molecular complexity index is 312. The van der Waals surface area contributed by atoms with Crippen LogP contribution in [0.15, 0.2) is 12.1 Å². The van der Waals surface area contributed by atoms with Gasteiger partial charge in [-0.15, -0.1) is 0 Å². The minimum atomic E-state index is 0.136. The number of rotatable bonds is 2. The molecule has 3 heteroatoms. The fourth-order valence-electron chi connectivity index (χ4n) is 1.26. The zero-order chi connectivity index (χ0) is 10.0. The highest BCUT2D eigenvalue weighted by molar-refractivity contribution is 6.32. The third-order valence-corrected chi connectivity index (χ3v) is 2.41. The Hall–Kier alpha value is -0.730. The second-order valence-corrected chi connectivity index (χ2v) is 3.73. The summed E-state index contributed by atoms with van der Waals surface area (Å²) in [7, 11) is 0. The second kappa shape index (κ2) is 3.99. The minimum Gasteiger partial charge on any atom is -0.506 e. The van der Waals surface area contributed by atoms with Gasteiger partial charge >= 0.3 is 0 Å². The summed E-state index contributed by atoms with van der Waals surface area (Å²) >= 11 is 5.83. The van der Waals surface area contributed by atoms with Gasteiger partial charge in [0.2, 0.25) is 0 Å². The third kappa shape index (κ3) is 2.14. The molecule has 2 nitrogen and oxygen atoms in total. The molecule has 3 N–H and O–H groups in total. The first-order chi connectivity index (χ1) is 6.06. The number of hydrogen-bond acceptors (Lipinski definition) is 2. The lowest BCUT2D eigenvalue weighted by molar-refractivity contribution is 0.463. The highest BCUT2D eigenvalue weighted by Crippen LogP contribution is 2.33. The molecule has 0 fully saturated rings. The molecule has 0 aromatic heterocycles. The number of halogens is 1. The van der Waals surface area contributed by atoms with Crippen LogP contribution in [0, 0.1) is 6.92 Å². The van der Waals surface area contributed by atoms with Crippen molar-refractivity contribution in [3.05, 3.63) is 28.3 Å². The molecule has 1 aromatic carbocycles. The summed E-state index contributed by atoms with van der Waals surface area (Å²) in [5, 5.41) is 10.0. The highest BCUT2D eigenvalue weighted by Gasteiger charge is 2.12. The van der Waals surface area contributed by atoms with Gasteiger partial charge in [-0.25, -0.2) is 0 Å². The lowest BCUT2D eigenvalue weighted by Gasteiger charge is -2.13. The van der Waals surface area contributed by atoms with E-state index in [0.717, 1.165) is 11.1 Å². The van der Waals surface area contributed by atoms with Gasteiger partial charge in [-0.3, -0.25) is 0 Å². The van der Waals surface area contributed by atoms with Gasteiger partial charge in [-0.05, 0) is 36.6 Å². The van der Waals surface area contributed by atoms with Crippen molar-refractivity contribution in [1.29, 1.82) is 0 Å². The molecule has 1 rings (SSSR count). The zero-order valence-corrected chi connectivity index (χ0v) is 8.60. The Morgan fingerprint density at radius 1 is 1.54 bits per heavy atom. The third-order valence-electron chi connectivity index (χ3n) is 2.12. The fraction of sp³-hybridized carbons (Fsp3) is 0.400. The molecule has 0 aliphatic heterocycles. The van der Waals surface area contributed by atoms with Crippen molar-refractivity contribution in [3.8, 4) is 5.75 Å². The van der Waals surface area contributed by atoms with Crippen LogP contribution < -0.4 is 5.73 Å². The van der Waals surface area contributed by atoms with Crippen molar-refractivity contribution in [2.75, 3.05) is 6.54 Å². The Kier molecular flexibility index (Phi) is 3.17. The van der Waals surface area contributed by atoms with Gasteiger partial charge < -0.3 is 10.8 Å². The predicted molar refractivity (Wildman–Crippen MR) is 55.3 cm³/mol. The number of phenols is 1. The topological polar surface area (TPSA) is 46.2 Å². The molecule has 0 aliphatic carbocycles. The molecule has 0 aliphatic rings. The van der Waals surface area contributed by atoms with Gasteiger partial charge in [-0.2, -0.15) is 0 Å². The van der Waals surface area contributed by atoms with Crippen molar-refractivity contribution >= 4 is 11.6 Å². The highest BCUT2D eigenvalue weighted by atomic mass is 35.5. The van der Waals surface area contributed by atoms with Crippen molar-refractivity contribution in [1.82, 2.24) is 0 Å². The molecule has 0 spiro atoms. The van der Waals surface area contributed by atoms with Crippen LogP contribution in [0.5, 0.6) is 5.75 Å². The molecular weight excluding hydrogens is 186 g/mol. The van der Waals surface area contributed by atoms with Crippen molar-refractivity contribution in [2.24, 2.45) is 5.73 Å². The summed E-state index contributed by atoms with van der Waals surface area (Å²) in [6, 6.07) is 3.66. The van der Waals surface area contributed by atoms with E-state index in [-0.39, 0.29) is 11.7 Å². The van der Waals surface area contributed by atoms with E-state index in [1.807, 2.05) is 19.9 Å². The molecule has 0 saturated heterocycles. The number of hydrogen-bond donors (Lipinski definition) is 2. The second-order valence-electron chi connectivity index (χ2n) is 3.32. The average Bonchev–Trinajstić information content (AvgIpc) is 2.10. The smallest absolute Gasteiger partial charge is 0.137 e. The largest absolute Gasteiger partial charge is 0.506 e. The molecular formula is C10H14ClNO. The van der Waals surface area contributed by atoms with Crippen molar-refractivity contribution in [3.63, 3.8) is 0 Å². The van der Waals surface area contributed by atoms with Crippen LogP contribution in [0.2, 0.25) is 5.02 Å². The maximum atomic E-state index is 9.64. The van der Waals surface area contributed by atoms with Crippen LogP contribution in [-0.2, 0) is 0 Å². The Morgan fingerprint density at radius 2 is 2.15 bits per heavy atom. The Balaban J connectivity index is 3.20. The first-order valence-electron chi connectivity index (χ1n) is 4.25. The normalized spacial score (nSPS) is 12.9. The lowest BCUT2D eigenvalue weighted by atomic mass is 9.98. The van der Waals surface area contributed by atoms with E-state index >= 15 is 0 Å². The van der Waals surface area contributed by atoms with E-state index < -0.39 is 0 Å². The van der Waals surface area contributed by atoms with Crippen molar-refractivity contribution < 1.29 is 5.11 Å². The van der Waals surface area contributed by atoms with Crippen LogP contribution in [0.4, 0.5) is 0 Å². The zero-order valence-electron chi connectivity index (χ0n) is 7.84. The molecule has 13 heavy (non-hydrogen) atoms. The molecule has 0 bridgehead atoms. The summed E-state index contributed by atoms with van der Waals surface area (Å²) < 4.78 is 0. The molecule has 0 radical (unpaired) electrons. The number of aryl methyl sites for hydroxylation is 1. The molecule has 1 aromatic rings. The van der Waals surface area contributed by atoms with E-state index in [2.05, 4.69) is 0 Å². The summed E-state index contributed by atoms with van der Waals surface area (Å²) in [5.41, 5.74) is 7.39. The van der Waals surface area contributed by atoms with Gasteiger partial charge in [0.05, 0.1) is 5.02 Å². The number of benzene rings is 1. The van der Waals surface area contributed by atoms with Crippen LogP contribution in [0.1, 0.15) is 24.0 Å². The van der Waals surface area contributed by atoms with Crippen LogP contribution in [-0.4, -0.2) is 11.7 Å². The SMILES string of the molecule is Cc1cc(Cl)c(O)c(C(C)CN)c1. The number of nitrogens with two attached hydrogens (primary N) is 1. The van der Waals surface area contributed by atoms with Crippen LogP contribution >= 0.6 is 11.6 Å². The minimum absolute atomic E-state index is 0.136. The van der Waals surface area contributed by atoms with E-state index in [4.69, 9.17) is 17.3 Å². The molecule has 0 heterocycles. The fourth-order valence-corrected chi connectivity index (χ4v) is 1.55. The van der Waals surface area contributed by atoms with E-state index in [0.29, 0.717) is 11.6 Å². The van der Waals surface area contributed by atoms with Gasteiger partial charge in [0, 0.05) is 0 Å². The first kappa shape index (κ1) is 10.4. The Labute approximate surface area is 83.3 Å². The summed E-state index contributed by atoms with van der Waals surface area (Å²) in [4.78, 5) is 0. The van der Waals surface area contributed by atoms with Gasteiger partial charge in [-0.1, -0.05) is 24.6 Å². The maximum Gasteiger partial charge on any atom is 0.137 e. The summed E-state index contributed by atoms with van der Waals surface area (Å²) in [5.74, 6) is 0.294. The van der Waals surface area contributed by atoms with Crippen LogP contribution in [0.3, 0.4) is 0 Å². The van der Waals surface area contributed by atoms with Gasteiger partial charge in [0.1, 0.15) is 5.75 Å². The summed E-state index contributed by atoms with van der Waals surface area (Å²) in [6.45, 7) is 4.41. The summed E-state index contributed by atoms with van der Waals surface area (Å²) in [6.07, 6.45) is 0. The predicted octanol–water partition coefficient (Wildman–Crippen LogP) is 2.42. The van der Waals surface area contributed by atoms with Gasteiger partial charge in [0.15, 0.2) is 0 Å². The quantitative estimate of drug-likeness (QED) is 0.769. The maximum absolute atomic E-state index is 9.64. The lowest BCUT2D eigenvalue weighted by Crippen LogP contribution is -2.09. The van der Waals surface area contributed by atoms with E-state index in [1.165, 1.54) is 0 Å². The van der Waals surface area contributed by atoms with Gasteiger partial charge in [0.25, 0.3) is 0 Å². The van der Waals surface area contributed by atoms with Crippen LogP contribution in [0.25, 0.3) is 0 Å². The Morgan fingerprint density at radius 3 is 2.69 bits per heavy atom. The molecule has 1 unspecified atom stereocenters. The van der Waals surface area contributed by atoms with Crippen molar-refractivity contribution in [2.45, 2.75) is 19.8 Å². The molecule has 1 atom stereocenters. The van der Waals surface area contributed by atoms with E-state index in [9.17, 15) is 5.11 Å². The standard InChI is InChI=1S/C10H14ClNO/c1-6-3-8(7(2)5-12)10(13)9(11)4-6/h3-4,7,13H,5,12H2,1-2H3. The number of aromatic hydroxyl groups is 1. The number of phenolic OH excluding ortho intramolecular Hbond substituents is 1. The average molecular weight is 200 g/mol. The molecule has 72 valence electrons. The monoisotopic (exact) mass is 199 g/mol. The molecule has 0 saturated carbocycles. The first-order valence-corrected chi connectivity index (χ1v) is 4.63.